The van der Waals surface area contributed by atoms with Crippen LogP contribution < -0.4 is 21.2 Å². The van der Waals surface area contributed by atoms with Gasteiger partial charge < -0.3 is 0 Å². The number of unbranched alkanes of at least 4 members (excludes halogenated alkanes) is 2. The van der Waals surface area contributed by atoms with E-state index in [2.05, 4.69) is 62.4 Å². The van der Waals surface area contributed by atoms with Gasteiger partial charge in [0.25, 0.3) is 0 Å². The Kier molecular flexibility index (Phi) is 6.58. The van der Waals surface area contributed by atoms with Crippen LogP contribution in [0.2, 0.25) is 0 Å². The quantitative estimate of drug-likeness (QED) is 0.511. The molecule has 0 atom stereocenters. The number of benzene rings is 2. The minimum absolute atomic E-state index is 0.0190. The van der Waals surface area contributed by atoms with E-state index in [1.54, 1.807) is 0 Å². The molecule has 0 aromatic heterocycles. The second kappa shape index (κ2) is 8.46. The average molecular weight is 379 g/mol. The predicted molar refractivity (Wildman–Crippen MR) is 82.9 cm³/mol. The van der Waals surface area contributed by atoms with Gasteiger partial charge in [-0.25, -0.2) is 0 Å². The molecule has 2 aromatic rings. The Hall–Kier alpha value is -0.830. The van der Waals surface area contributed by atoms with E-state index in [0.717, 1.165) is 6.42 Å². The summed E-state index contributed by atoms with van der Waals surface area (Å²) >= 11 is -0.0190. The van der Waals surface area contributed by atoms with Gasteiger partial charge in [-0.1, -0.05) is 0 Å². The molecule has 0 saturated heterocycles. The van der Waals surface area contributed by atoms with Gasteiger partial charge in [0.2, 0.25) is 0 Å². The Balaban J connectivity index is 1.92. The maximum absolute atomic E-state index is 2.34. The zero-order valence-corrected chi connectivity index (χ0v) is 14.7. The maximum atomic E-state index is 2.34. The van der Waals surface area contributed by atoms with Crippen molar-refractivity contribution in [2.45, 2.75) is 46.0 Å². The van der Waals surface area contributed by atoms with Crippen molar-refractivity contribution < 1.29 is 21.2 Å². The third kappa shape index (κ3) is 4.93. The Bertz CT molecular complexity index is 496. The Morgan fingerprint density at radius 1 is 0.700 bits per heavy atom. The number of hydrogen-bond donors (Lipinski definition) is 0. The van der Waals surface area contributed by atoms with Gasteiger partial charge in [-0.2, -0.15) is 0 Å². The molecule has 0 bridgehead atoms. The summed E-state index contributed by atoms with van der Waals surface area (Å²) in [7, 11) is 0. The minimum atomic E-state index is -0.0190. The molecule has 20 heavy (non-hydrogen) atoms. The fourth-order valence-corrected chi connectivity index (χ4v) is 4.36. The molecule has 0 aliphatic carbocycles. The van der Waals surface area contributed by atoms with Gasteiger partial charge >= 0.3 is 134 Å². The summed E-state index contributed by atoms with van der Waals surface area (Å²) in [6.45, 7) is 4.47. The molecule has 0 amide bonds. The molecule has 0 aliphatic rings. The molecule has 2 rings (SSSR count). The van der Waals surface area contributed by atoms with E-state index in [1.807, 2.05) is 0 Å². The van der Waals surface area contributed by atoms with E-state index in [1.165, 1.54) is 44.0 Å². The van der Waals surface area contributed by atoms with Crippen molar-refractivity contribution in [3.8, 4) is 0 Å². The molecule has 0 spiro atoms. The van der Waals surface area contributed by atoms with E-state index in [0.29, 0.717) is 0 Å². The van der Waals surface area contributed by atoms with Crippen LogP contribution >= 0.6 is 0 Å². The molecule has 0 N–H and O–H groups in total. The first-order chi connectivity index (χ1) is 9.81. The summed E-state index contributed by atoms with van der Waals surface area (Å²) in [6.07, 6.45) is 6.34. The third-order valence-electron chi connectivity index (χ3n) is 3.52. The molecule has 0 radical (unpaired) electrons. The Morgan fingerprint density at radius 2 is 1.25 bits per heavy atom. The summed E-state index contributed by atoms with van der Waals surface area (Å²) in [6, 6.07) is 18.5. The van der Waals surface area contributed by atoms with Gasteiger partial charge in [-0.15, -0.1) is 0 Å². The first-order valence-corrected chi connectivity index (χ1v) is 9.80. The molecule has 0 unspecified atom stereocenters. The van der Waals surface area contributed by atoms with Crippen molar-refractivity contribution in [1.82, 2.24) is 0 Å². The molecule has 0 saturated carbocycles. The second-order valence-corrected chi connectivity index (χ2v) is 8.19. The molecular weight excluding hydrogens is 355 g/mol. The normalized spacial score (nSPS) is 10.9. The number of rotatable bonds is 7. The van der Waals surface area contributed by atoms with Crippen LogP contribution in [-0.2, 0) is 12.8 Å². The standard InChI is InChI=1S/C19H24I/c1-3-5-6-7-17-10-14-19(15-11-17)20-18-12-8-16(4-2)9-13-18/h8-15H,3-7H2,1-2H3/q-1. The first-order valence-electron chi connectivity index (χ1n) is 7.64. The van der Waals surface area contributed by atoms with Crippen molar-refractivity contribution in [2.24, 2.45) is 0 Å². The topological polar surface area (TPSA) is 0 Å². The van der Waals surface area contributed by atoms with E-state index in [9.17, 15) is 0 Å². The van der Waals surface area contributed by atoms with E-state index >= 15 is 0 Å². The monoisotopic (exact) mass is 379 g/mol. The number of halogens is 1. The van der Waals surface area contributed by atoms with Crippen LogP contribution in [0.15, 0.2) is 48.5 Å². The molecule has 1 heteroatoms. The molecule has 0 aliphatic heterocycles. The van der Waals surface area contributed by atoms with Gasteiger partial charge in [-0.05, 0) is 0 Å². The van der Waals surface area contributed by atoms with Gasteiger partial charge in [0.05, 0.1) is 0 Å². The fourth-order valence-electron chi connectivity index (χ4n) is 2.20. The molecular formula is C19H24I-. The van der Waals surface area contributed by atoms with E-state index < -0.39 is 0 Å². The van der Waals surface area contributed by atoms with Crippen molar-refractivity contribution in [3.63, 3.8) is 0 Å². The summed E-state index contributed by atoms with van der Waals surface area (Å²) in [4.78, 5) is 0. The van der Waals surface area contributed by atoms with Gasteiger partial charge in [-0.3, -0.25) is 0 Å². The Morgan fingerprint density at radius 3 is 1.75 bits per heavy atom. The number of hydrogen-bond acceptors (Lipinski definition) is 0. The molecule has 0 fully saturated rings. The summed E-state index contributed by atoms with van der Waals surface area (Å²) in [5.41, 5.74) is 2.93. The van der Waals surface area contributed by atoms with E-state index in [-0.39, 0.29) is 21.2 Å². The van der Waals surface area contributed by atoms with Crippen LogP contribution in [0.5, 0.6) is 0 Å². The van der Waals surface area contributed by atoms with Crippen molar-refractivity contribution in [3.05, 3.63) is 66.8 Å². The predicted octanol–water partition coefficient (Wildman–Crippen LogP) is 2.11. The first kappa shape index (κ1) is 15.6. The van der Waals surface area contributed by atoms with Crippen molar-refractivity contribution in [1.29, 1.82) is 0 Å². The summed E-state index contributed by atoms with van der Waals surface area (Å²) < 4.78 is 3.03. The fraction of sp³-hybridized carbons (Fsp3) is 0.368. The van der Waals surface area contributed by atoms with Gasteiger partial charge in [0, 0.05) is 0 Å². The summed E-state index contributed by atoms with van der Waals surface area (Å²) in [5.74, 6) is 0. The molecule has 0 heterocycles. The van der Waals surface area contributed by atoms with Crippen LogP contribution in [0.4, 0.5) is 0 Å². The zero-order valence-electron chi connectivity index (χ0n) is 12.5. The number of aryl methyl sites for hydroxylation is 2. The van der Waals surface area contributed by atoms with Crippen LogP contribution in [-0.4, -0.2) is 0 Å². The third-order valence-corrected chi connectivity index (χ3v) is 6.21. The van der Waals surface area contributed by atoms with Crippen molar-refractivity contribution >= 4 is 0 Å². The molecule has 0 nitrogen and oxygen atoms in total. The van der Waals surface area contributed by atoms with Crippen LogP contribution in [0.3, 0.4) is 0 Å². The molecule has 108 valence electrons. The van der Waals surface area contributed by atoms with Crippen LogP contribution in [0.25, 0.3) is 0 Å². The van der Waals surface area contributed by atoms with Gasteiger partial charge in [0.1, 0.15) is 0 Å². The molecule has 2 aromatic carbocycles. The van der Waals surface area contributed by atoms with Crippen LogP contribution in [0, 0.1) is 7.14 Å². The van der Waals surface area contributed by atoms with Crippen molar-refractivity contribution in [2.75, 3.05) is 0 Å². The average Bonchev–Trinajstić information content (AvgIpc) is 2.50. The summed E-state index contributed by atoms with van der Waals surface area (Å²) in [5, 5.41) is 0. The van der Waals surface area contributed by atoms with E-state index in [4.69, 9.17) is 0 Å². The zero-order chi connectivity index (χ0) is 14.2. The van der Waals surface area contributed by atoms with Gasteiger partial charge in [0.15, 0.2) is 0 Å². The van der Waals surface area contributed by atoms with Crippen LogP contribution in [0.1, 0.15) is 44.2 Å². The Labute approximate surface area is 133 Å². The SMILES string of the molecule is CCCCCc1ccc([I-]c2ccc(CC)cc2)cc1. The second-order valence-electron chi connectivity index (χ2n) is 5.16.